The highest BCUT2D eigenvalue weighted by molar-refractivity contribution is 7.51. The van der Waals surface area contributed by atoms with E-state index in [-0.39, 0.29) is 16.9 Å². The van der Waals surface area contributed by atoms with Gasteiger partial charge in [-0.3, -0.25) is 9.13 Å². The summed E-state index contributed by atoms with van der Waals surface area (Å²) in [7, 11) is -4.07. The molecule has 1 spiro atoms. The molecule has 0 saturated carbocycles. The molecule has 2 fully saturated rings. The molecule has 4 unspecified atom stereocenters. The van der Waals surface area contributed by atoms with Gasteiger partial charge in [0.25, 0.3) is 0 Å². The van der Waals surface area contributed by atoms with E-state index in [1.165, 1.54) is 17.5 Å². The summed E-state index contributed by atoms with van der Waals surface area (Å²) in [5, 5.41) is 21.4. The molecule has 11 nitrogen and oxygen atoms in total. The van der Waals surface area contributed by atoms with Crippen LogP contribution in [0.3, 0.4) is 0 Å². The first-order valence-electron chi connectivity index (χ1n) is 12.4. The summed E-state index contributed by atoms with van der Waals surface area (Å²) in [4.78, 5) is 33.6. The quantitative estimate of drug-likeness (QED) is 0.196. The number of ether oxygens (including phenoxy) is 1. The van der Waals surface area contributed by atoms with Gasteiger partial charge in [-0.15, -0.1) is 0 Å². The Bertz CT molecular complexity index is 1370. The molecule has 1 aromatic carbocycles. The molecular formula is C24H29ClN5O6P. The second-order valence-electron chi connectivity index (χ2n) is 10.4. The predicted octanol–water partition coefficient (Wildman–Crippen LogP) is 2.15. The highest BCUT2D eigenvalue weighted by Crippen LogP contribution is 2.47. The van der Waals surface area contributed by atoms with Gasteiger partial charge < -0.3 is 29.6 Å². The third-order valence-corrected chi connectivity index (χ3v) is 8.99. The molecule has 0 amide bonds. The number of rotatable bonds is 7. The largest absolute Gasteiger partial charge is 0.388 e. The van der Waals surface area contributed by atoms with Crippen LogP contribution in [-0.4, -0.2) is 77.1 Å². The van der Waals surface area contributed by atoms with Gasteiger partial charge in [0.1, 0.15) is 12.2 Å². The van der Waals surface area contributed by atoms with Gasteiger partial charge in [0.05, 0.1) is 12.4 Å². The van der Waals surface area contributed by atoms with Crippen LogP contribution in [0.25, 0.3) is 11.2 Å². The minimum atomic E-state index is -4.07. The number of unbranched alkanes of at least 4 members (excludes halogenated alkanes) is 1. The fourth-order valence-corrected chi connectivity index (χ4v) is 6.87. The first-order valence-corrected chi connectivity index (χ1v) is 14.6. The Hall–Kier alpha value is -2.11. The van der Waals surface area contributed by atoms with Crippen LogP contribution in [0.5, 0.6) is 0 Å². The molecule has 37 heavy (non-hydrogen) atoms. The van der Waals surface area contributed by atoms with Crippen LogP contribution in [0, 0.1) is 0 Å². The number of aliphatic hydroxyl groups excluding tert-OH is 2. The molecule has 2 saturated heterocycles. The summed E-state index contributed by atoms with van der Waals surface area (Å²) >= 11 is 6.33. The average Bonchev–Trinajstić information content (AvgIpc) is 3.50. The van der Waals surface area contributed by atoms with Gasteiger partial charge in [-0.05, 0) is 48.4 Å². The third kappa shape index (κ3) is 4.46. The number of aryl methyl sites for hydroxylation is 1. The maximum Gasteiger partial charge on any atom is 0.325 e. The SMILES string of the molecule is O=P(O)(O)CCCCC1OC(n2cnc3c(N4CC5(CCc6ccccc65)C4)nc(Cl)nc32)C(O)C1O. The molecule has 0 bridgehead atoms. The fourth-order valence-electron chi connectivity index (χ4n) is 6.07. The van der Waals surface area contributed by atoms with Crippen molar-refractivity contribution in [2.75, 3.05) is 24.2 Å². The molecule has 4 N–H and O–H groups in total. The van der Waals surface area contributed by atoms with E-state index in [0.717, 1.165) is 25.9 Å². The van der Waals surface area contributed by atoms with E-state index >= 15 is 0 Å². The smallest absolute Gasteiger partial charge is 0.325 e. The van der Waals surface area contributed by atoms with Crippen molar-refractivity contribution in [3.63, 3.8) is 0 Å². The number of halogens is 1. The fraction of sp³-hybridized carbons (Fsp3) is 0.542. The summed E-state index contributed by atoms with van der Waals surface area (Å²) in [6.07, 6.45) is 0.502. The van der Waals surface area contributed by atoms with Crippen LogP contribution < -0.4 is 4.90 Å². The Morgan fingerprint density at radius 2 is 1.92 bits per heavy atom. The molecule has 198 valence electrons. The van der Waals surface area contributed by atoms with Crippen molar-refractivity contribution >= 4 is 36.2 Å². The van der Waals surface area contributed by atoms with Crippen molar-refractivity contribution in [3.05, 3.63) is 47.0 Å². The van der Waals surface area contributed by atoms with Gasteiger partial charge in [-0.2, -0.15) is 9.97 Å². The molecule has 13 heteroatoms. The Morgan fingerprint density at radius 3 is 2.70 bits per heavy atom. The Balaban J connectivity index is 1.21. The van der Waals surface area contributed by atoms with Crippen LogP contribution in [0.2, 0.25) is 5.28 Å². The van der Waals surface area contributed by atoms with Crippen molar-refractivity contribution < 1.29 is 29.3 Å². The molecule has 1 aliphatic carbocycles. The molecule has 2 aromatic heterocycles. The number of aliphatic hydroxyl groups is 2. The number of imidazole rings is 1. The second-order valence-corrected chi connectivity index (χ2v) is 12.5. The van der Waals surface area contributed by atoms with Crippen LogP contribution in [-0.2, 0) is 21.1 Å². The Kier molecular flexibility index (Phi) is 6.31. The zero-order valence-electron chi connectivity index (χ0n) is 20.0. The van der Waals surface area contributed by atoms with Crippen molar-refractivity contribution in [3.8, 4) is 0 Å². The maximum atomic E-state index is 11.1. The summed E-state index contributed by atoms with van der Waals surface area (Å²) in [5.41, 5.74) is 3.85. The summed E-state index contributed by atoms with van der Waals surface area (Å²) in [6, 6.07) is 8.57. The highest BCUT2D eigenvalue weighted by Gasteiger charge is 2.49. The lowest BCUT2D eigenvalue weighted by Gasteiger charge is -2.49. The van der Waals surface area contributed by atoms with Gasteiger partial charge >= 0.3 is 7.60 Å². The van der Waals surface area contributed by atoms with Crippen molar-refractivity contribution in [2.24, 2.45) is 0 Å². The molecule has 3 aliphatic rings. The monoisotopic (exact) mass is 549 g/mol. The third-order valence-electron chi connectivity index (χ3n) is 7.92. The number of fused-ring (bicyclic) bond motifs is 3. The summed E-state index contributed by atoms with van der Waals surface area (Å²) < 4.78 is 18.6. The van der Waals surface area contributed by atoms with Gasteiger partial charge in [0, 0.05) is 24.7 Å². The molecule has 2 aliphatic heterocycles. The second kappa shape index (κ2) is 9.27. The highest BCUT2D eigenvalue weighted by atomic mass is 35.5. The molecular weight excluding hydrogens is 521 g/mol. The van der Waals surface area contributed by atoms with E-state index in [4.69, 9.17) is 26.1 Å². The number of benzene rings is 1. The molecule has 4 heterocycles. The lowest BCUT2D eigenvalue weighted by Crippen LogP contribution is -2.58. The van der Waals surface area contributed by atoms with Crippen LogP contribution in [0.4, 0.5) is 5.82 Å². The lowest BCUT2D eigenvalue weighted by atomic mass is 9.75. The number of aromatic nitrogens is 4. The number of anilines is 1. The van der Waals surface area contributed by atoms with E-state index in [2.05, 4.69) is 44.1 Å². The Labute approximate surface area is 218 Å². The number of hydrogen-bond acceptors (Lipinski definition) is 8. The van der Waals surface area contributed by atoms with E-state index in [1.807, 2.05) is 0 Å². The molecule has 6 rings (SSSR count). The average molecular weight is 550 g/mol. The van der Waals surface area contributed by atoms with Gasteiger partial charge in [-0.1, -0.05) is 30.7 Å². The topological polar surface area (TPSA) is 154 Å². The van der Waals surface area contributed by atoms with Gasteiger partial charge in [0.15, 0.2) is 23.2 Å². The zero-order chi connectivity index (χ0) is 25.9. The van der Waals surface area contributed by atoms with Crippen LogP contribution in [0.15, 0.2) is 30.6 Å². The number of hydrogen-bond donors (Lipinski definition) is 4. The van der Waals surface area contributed by atoms with Crippen molar-refractivity contribution in [2.45, 2.75) is 62.1 Å². The Morgan fingerprint density at radius 1 is 1.14 bits per heavy atom. The zero-order valence-corrected chi connectivity index (χ0v) is 21.7. The van der Waals surface area contributed by atoms with Gasteiger partial charge in [0.2, 0.25) is 5.28 Å². The van der Waals surface area contributed by atoms with Crippen molar-refractivity contribution in [1.29, 1.82) is 0 Å². The van der Waals surface area contributed by atoms with Crippen molar-refractivity contribution in [1.82, 2.24) is 19.5 Å². The van der Waals surface area contributed by atoms with E-state index in [9.17, 15) is 14.8 Å². The predicted molar refractivity (Wildman–Crippen MR) is 136 cm³/mol. The van der Waals surface area contributed by atoms with Gasteiger partial charge in [-0.25, -0.2) is 4.98 Å². The van der Waals surface area contributed by atoms with E-state index < -0.39 is 32.1 Å². The summed E-state index contributed by atoms with van der Waals surface area (Å²) in [5.74, 6) is 0.630. The number of nitrogens with zero attached hydrogens (tertiary/aromatic N) is 5. The molecule has 3 aromatic rings. The molecule has 4 atom stereocenters. The maximum absolute atomic E-state index is 11.1. The normalized spacial score (nSPS) is 26.7. The van der Waals surface area contributed by atoms with E-state index in [1.54, 1.807) is 4.57 Å². The standard InChI is InChI=1S/C24H29ClN5O6P/c25-23-27-20(29-11-24(12-29)9-8-14-5-1-2-6-15(14)24)17-21(28-23)30(13-26-17)22-19(32)18(31)16(36-22)7-3-4-10-37(33,34)35/h1-2,5-6,13,16,18-19,22,31-32H,3-4,7-12H2,(H2,33,34,35). The minimum Gasteiger partial charge on any atom is -0.388 e. The van der Waals surface area contributed by atoms with Crippen LogP contribution in [0.1, 0.15) is 43.0 Å². The van der Waals surface area contributed by atoms with Crippen LogP contribution >= 0.6 is 19.2 Å². The minimum absolute atomic E-state index is 0.0547. The lowest BCUT2D eigenvalue weighted by molar-refractivity contribution is -0.0373. The van der Waals surface area contributed by atoms with E-state index in [0.29, 0.717) is 36.2 Å². The summed E-state index contributed by atoms with van der Waals surface area (Å²) in [6.45, 7) is 1.61. The first-order chi connectivity index (χ1) is 17.7. The molecule has 0 radical (unpaired) electrons. The first kappa shape index (κ1) is 25.2.